The molecule has 2 heterocycles. The SMILES string of the molecule is COC(=O)c1cc(C)n2c(O)cnc2n1. The van der Waals surface area contributed by atoms with Crippen molar-refractivity contribution in [3.8, 4) is 5.88 Å². The van der Waals surface area contributed by atoms with Gasteiger partial charge in [0.2, 0.25) is 11.7 Å². The number of aromatic hydroxyl groups is 1. The molecule has 0 spiro atoms. The van der Waals surface area contributed by atoms with Gasteiger partial charge in [0.1, 0.15) is 0 Å². The predicted octanol–water partition coefficient (Wildman–Crippen LogP) is 0.530. The van der Waals surface area contributed by atoms with Crippen molar-refractivity contribution in [3.05, 3.63) is 23.7 Å². The van der Waals surface area contributed by atoms with E-state index in [-0.39, 0.29) is 17.4 Å². The van der Waals surface area contributed by atoms with Crippen LogP contribution in [0.4, 0.5) is 0 Å². The highest BCUT2D eigenvalue weighted by molar-refractivity contribution is 5.87. The van der Waals surface area contributed by atoms with Crippen LogP contribution in [0.25, 0.3) is 5.78 Å². The molecule has 0 aromatic carbocycles. The van der Waals surface area contributed by atoms with Gasteiger partial charge in [0.05, 0.1) is 13.3 Å². The summed E-state index contributed by atoms with van der Waals surface area (Å²) in [6, 6.07) is 1.53. The van der Waals surface area contributed by atoms with Gasteiger partial charge in [-0.2, -0.15) is 0 Å². The largest absolute Gasteiger partial charge is 0.493 e. The lowest BCUT2D eigenvalue weighted by Gasteiger charge is -2.03. The van der Waals surface area contributed by atoms with Crippen LogP contribution in [-0.2, 0) is 4.74 Å². The van der Waals surface area contributed by atoms with Crippen molar-refractivity contribution >= 4 is 11.7 Å². The quantitative estimate of drug-likeness (QED) is 0.690. The Balaban J connectivity index is 2.68. The van der Waals surface area contributed by atoms with Gasteiger partial charge >= 0.3 is 5.97 Å². The number of imidazole rings is 1. The Morgan fingerprint density at radius 2 is 2.33 bits per heavy atom. The molecular weight excluding hydrogens is 198 g/mol. The van der Waals surface area contributed by atoms with Crippen LogP contribution in [0.2, 0.25) is 0 Å². The first-order valence-corrected chi connectivity index (χ1v) is 4.26. The average Bonchev–Trinajstić information content (AvgIpc) is 2.59. The van der Waals surface area contributed by atoms with Crippen LogP contribution in [-0.4, -0.2) is 32.6 Å². The minimum Gasteiger partial charge on any atom is -0.493 e. The second-order valence-corrected chi connectivity index (χ2v) is 3.03. The summed E-state index contributed by atoms with van der Waals surface area (Å²) in [5.74, 6) is -0.262. The summed E-state index contributed by atoms with van der Waals surface area (Å²) in [5.41, 5.74) is 0.837. The molecule has 15 heavy (non-hydrogen) atoms. The normalized spacial score (nSPS) is 10.5. The van der Waals surface area contributed by atoms with Crippen LogP contribution >= 0.6 is 0 Å². The first-order chi connectivity index (χ1) is 7.13. The third-order valence-corrected chi connectivity index (χ3v) is 2.04. The molecule has 78 valence electrons. The molecule has 0 fully saturated rings. The van der Waals surface area contributed by atoms with Crippen LogP contribution in [0, 0.1) is 6.92 Å². The van der Waals surface area contributed by atoms with E-state index >= 15 is 0 Å². The topological polar surface area (TPSA) is 76.7 Å². The van der Waals surface area contributed by atoms with Crippen LogP contribution in [0.3, 0.4) is 0 Å². The average molecular weight is 207 g/mol. The number of aromatic nitrogens is 3. The molecule has 0 aliphatic rings. The first kappa shape index (κ1) is 9.45. The summed E-state index contributed by atoms with van der Waals surface area (Å²) >= 11 is 0. The van der Waals surface area contributed by atoms with Crippen molar-refractivity contribution in [2.75, 3.05) is 7.11 Å². The van der Waals surface area contributed by atoms with Crippen LogP contribution < -0.4 is 0 Å². The molecule has 6 nitrogen and oxygen atoms in total. The smallest absolute Gasteiger partial charge is 0.356 e. The predicted molar refractivity (Wildman–Crippen MR) is 50.7 cm³/mol. The van der Waals surface area contributed by atoms with Crippen LogP contribution in [0.1, 0.15) is 16.2 Å². The second-order valence-electron chi connectivity index (χ2n) is 3.03. The van der Waals surface area contributed by atoms with Gasteiger partial charge in [0.25, 0.3) is 0 Å². The highest BCUT2D eigenvalue weighted by atomic mass is 16.5. The molecule has 0 aliphatic carbocycles. The monoisotopic (exact) mass is 207 g/mol. The Labute approximate surface area is 85.2 Å². The van der Waals surface area contributed by atoms with Crippen molar-refractivity contribution in [1.29, 1.82) is 0 Å². The van der Waals surface area contributed by atoms with Gasteiger partial charge in [0, 0.05) is 5.69 Å². The number of nitrogens with zero attached hydrogens (tertiary/aromatic N) is 3. The zero-order valence-corrected chi connectivity index (χ0v) is 8.26. The molecule has 0 bridgehead atoms. The lowest BCUT2D eigenvalue weighted by atomic mass is 10.3. The fraction of sp³-hybridized carbons (Fsp3) is 0.222. The third kappa shape index (κ3) is 1.39. The Morgan fingerprint density at radius 1 is 1.60 bits per heavy atom. The fourth-order valence-corrected chi connectivity index (χ4v) is 1.36. The van der Waals surface area contributed by atoms with Crippen LogP contribution in [0.5, 0.6) is 5.88 Å². The zero-order chi connectivity index (χ0) is 11.0. The molecule has 2 aromatic rings. The first-order valence-electron chi connectivity index (χ1n) is 4.26. The number of fused-ring (bicyclic) bond motifs is 1. The van der Waals surface area contributed by atoms with Gasteiger partial charge in [-0.1, -0.05) is 0 Å². The molecule has 0 atom stereocenters. The maximum absolute atomic E-state index is 11.2. The van der Waals surface area contributed by atoms with E-state index in [9.17, 15) is 9.90 Å². The molecule has 0 radical (unpaired) electrons. The Bertz CT molecular complexity index is 533. The number of hydrogen-bond donors (Lipinski definition) is 1. The van der Waals surface area contributed by atoms with E-state index in [1.165, 1.54) is 23.8 Å². The number of rotatable bonds is 1. The minimum atomic E-state index is -0.525. The van der Waals surface area contributed by atoms with Gasteiger partial charge < -0.3 is 9.84 Å². The molecule has 0 amide bonds. The van der Waals surface area contributed by atoms with E-state index in [1.807, 2.05) is 0 Å². The maximum atomic E-state index is 11.2. The van der Waals surface area contributed by atoms with Gasteiger partial charge in [-0.3, -0.25) is 4.40 Å². The van der Waals surface area contributed by atoms with Gasteiger partial charge in [-0.05, 0) is 13.0 Å². The Hall–Kier alpha value is -2.11. The molecule has 2 rings (SSSR count). The number of methoxy groups -OCH3 is 1. The summed E-state index contributed by atoms with van der Waals surface area (Å²) in [5, 5.41) is 9.42. The summed E-state index contributed by atoms with van der Waals surface area (Å²) in [6.07, 6.45) is 1.27. The molecule has 6 heteroatoms. The number of ether oxygens (including phenoxy) is 1. The maximum Gasteiger partial charge on any atom is 0.356 e. The van der Waals surface area contributed by atoms with E-state index in [0.717, 1.165) is 0 Å². The number of carbonyl (C=O) groups is 1. The molecular formula is C9H9N3O3. The molecule has 1 N–H and O–H groups in total. The lowest BCUT2D eigenvalue weighted by molar-refractivity contribution is 0.0594. The summed E-state index contributed by atoms with van der Waals surface area (Å²) in [7, 11) is 1.28. The van der Waals surface area contributed by atoms with E-state index < -0.39 is 5.97 Å². The highest BCUT2D eigenvalue weighted by Crippen LogP contribution is 2.15. The Morgan fingerprint density at radius 3 is 3.00 bits per heavy atom. The minimum absolute atomic E-state index is 0.00795. The second kappa shape index (κ2) is 3.23. The van der Waals surface area contributed by atoms with Crippen molar-refractivity contribution in [2.24, 2.45) is 0 Å². The van der Waals surface area contributed by atoms with Crippen molar-refractivity contribution in [1.82, 2.24) is 14.4 Å². The van der Waals surface area contributed by atoms with Gasteiger partial charge in [-0.25, -0.2) is 14.8 Å². The molecule has 0 saturated heterocycles. The number of esters is 1. The van der Waals surface area contributed by atoms with E-state index in [1.54, 1.807) is 6.92 Å². The number of carbonyl (C=O) groups excluding carboxylic acids is 1. The van der Waals surface area contributed by atoms with Crippen LogP contribution in [0.15, 0.2) is 12.3 Å². The van der Waals surface area contributed by atoms with E-state index in [2.05, 4.69) is 14.7 Å². The van der Waals surface area contributed by atoms with Crippen molar-refractivity contribution in [2.45, 2.75) is 6.92 Å². The molecule has 0 aliphatic heterocycles. The Kier molecular flexibility index (Phi) is 2.03. The highest BCUT2D eigenvalue weighted by Gasteiger charge is 2.12. The van der Waals surface area contributed by atoms with Gasteiger partial charge in [0.15, 0.2) is 5.69 Å². The molecule has 0 unspecified atom stereocenters. The van der Waals surface area contributed by atoms with E-state index in [4.69, 9.17) is 0 Å². The third-order valence-electron chi connectivity index (χ3n) is 2.04. The van der Waals surface area contributed by atoms with Crippen molar-refractivity contribution in [3.63, 3.8) is 0 Å². The molecule has 2 aromatic heterocycles. The lowest BCUT2D eigenvalue weighted by Crippen LogP contribution is -2.07. The van der Waals surface area contributed by atoms with Crippen molar-refractivity contribution < 1.29 is 14.6 Å². The number of aryl methyl sites for hydroxylation is 1. The standard InChI is InChI=1S/C9H9N3O3/c1-5-3-6(8(14)15-2)11-9-10-4-7(13)12(5)9/h3-4,13H,1-2H3. The van der Waals surface area contributed by atoms with E-state index in [0.29, 0.717) is 5.69 Å². The zero-order valence-electron chi connectivity index (χ0n) is 8.26. The summed E-state index contributed by atoms with van der Waals surface area (Å²) in [4.78, 5) is 19.0. The fourth-order valence-electron chi connectivity index (χ4n) is 1.36. The van der Waals surface area contributed by atoms with Gasteiger partial charge in [-0.15, -0.1) is 0 Å². The summed E-state index contributed by atoms with van der Waals surface area (Å²) in [6.45, 7) is 1.74. The molecule has 0 saturated carbocycles. The number of hydrogen-bond acceptors (Lipinski definition) is 5. The summed E-state index contributed by atoms with van der Waals surface area (Å²) < 4.78 is 5.98.